The fourth-order valence-corrected chi connectivity index (χ4v) is 4.64. The van der Waals surface area contributed by atoms with Gasteiger partial charge in [-0.1, -0.05) is 69.2 Å². The Morgan fingerprint density at radius 2 is 1.57 bits per heavy atom. The number of hydrogen-bond acceptors (Lipinski definition) is 3. The van der Waals surface area contributed by atoms with Gasteiger partial charge in [0.2, 0.25) is 5.91 Å². The number of nitrogens with zero attached hydrogens (tertiary/aromatic N) is 1. The average Bonchev–Trinajstić information content (AvgIpc) is 3.03. The molecule has 0 heterocycles. The molecule has 1 rings (SSSR count). The molecule has 1 fully saturated rings. The van der Waals surface area contributed by atoms with Crippen LogP contribution in [0, 0.1) is 33.5 Å². The lowest BCUT2D eigenvalue weighted by Gasteiger charge is -2.43. The SMILES string of the molecule is CCC(C)(CC(C(=O)N(C)C)C(C)(C)S)C1(C)C(=O)C1CC(C)(C)C(C)(C)C. The smallest absolute Gasteiger partial charge is 0.226 e. The van der Waals surface area contributed by atoms with Crippen LogP contribution in [0.1, 0.15) is 88.5 Å². The van der Waals surface area contributed by atoms with Crippen LogP contribution in [-0.4, -0.2) is 35.4 Å². The van der Waals surface area contributed by atoms with E-state index in [1.807, 2.05) is 13.8 Å². The van der Waals surface area contributed by atoms with Crippen molar-refractivity contribution in [2.45, 2.75) is 93.2 Å². The Labute approximate surface area is 179 Å². The molecule has 28 heavy (non-hydrogen) atoms. The summed E-state index contributed by atoms with van der Waals surface area (Å²) in [6, 6.07) is 0. The van der Waals surface area contributed by atoms with Crippen LogP contribution in [0.4, 0.5) is 0 Å². The van der Waals surface area contributed by atoms with Gasteiger partial charge in [-0.3, -0.25) is 9.59 Å². The van der Waals surface area contributed by atoms with Crippen LogP contribution in [0.15, 0.2) is 0 Å². The third kappa shape index (κ3) is 4.47. The van der Waals surface area contributed by atoms with E-state index < -0.39 is 4.75 Å². The Hall–Kier alpha value is -0.510. The Kier molecular flexibility index (Phi) is 6.96. The van der Waals surface area contributed by atoms with Crippen LogP contribution in [0.2, 0.25) is 0 Å². The standard InChI is InChI=1S/C24H45NO2S/c1-13-23(9,15-17(22(7,8)28)19(27)25(11)12)24(10)16(18(24)26)14-21(5,6)20(2,3)4/h16-17,28H,13-15H2,1-12H3. The van der Waals surface area contributed by atoms with Crippen LogP contribution < -0.4 is 0 Å². The summed E-state index contributed by atoms with van der Waals surface area (Å²) in [6.07, 6.45) is 2.46. The highest BCUT2D eigenvalue weighted by atomic mass is 32.1. The average molecular weight is 412 g/mol. The maximum Gasteiger partial charge on any atom is 0.226 e. The zero-order valence-electron chi connectivity index (χ0n) is 20.5. The molecule has 1 aliphatic rings. The van der Waals surface area contributed by atoms with E-state index in [0.717, 1.165) is 12.8 Å². The van der Waals surface area contributed by atoms with Crippen molar-refractivity contribution in [3.05, 3.63) is 0 Å². The van der Waals surface area contributed by atoms with Crippen LogP contribution in [0.5, 0.6) is 0 Å². The number of rotatable bonds is 8. The van der Waals surface area contributed by atoms with E-state index in [9.17, 15) is 9.59 Å². The van der Waals surface area contributed by atoms with E-state index in [2.05, 4.69) is 55.4 Å². The van der Waals surface area contributed by atoms with Crippen molar-refractivity contribution in [3.8, 4) is 0 Å². The van der Waals surface area contributed by atoms with E-state index in [1.54, 1.807) is 19.0 Å². The summed E-state index contributed by atoms with van der Waals surface area (Å²) in [5.74, 6) is 0.326. The van der Waals surface area contributed by atoms with E-state index in [-0.39, 0.29) is 39.4 Å². The Balaban J connectivity index is 3.23. The molecule has 0 aromatic heterocycles. The van der Waals surface area contributed by atoms with Crippen molar-refractivity contribution in [3.63, 3.8) is 0 Å². The van der Waals surface area contributed by atoms with Crippen molar-refractivity contribution in [1.29, 1.82) is 0 Å². The molecule has 4 atom stereocenters. The number of hydrogen-bond donors (Lipinski definition) is 1. The summed E-state index contributed by atoms with van der Waals surface area (Å²) >= 11 is 4.77. The predicted octanol–water partition coefficient (Wildman–Crippen LogP) is 5.87. The largest absolute Gasteiger partial charge is 0.349 e. The third-order valence-corrected chi connectivity index (χ3v) is 8.78. The molecule has 0 radical (unpaired) electrons. The van der Waals surface area contributed by atoms with Crippen molar-refractivity contribution in [1.82, 2.24) is 4.90 Å². The lowest BCUT2D eigenvalue weighted by molar-refractivity contribution is -0.136. The first kappa shape index (κ1) is 25.5. The highest BCUT2D eigenvalue weighted by Gasteiger charge is 2.70. The molecule has 4 unspecified atom stereocenters. The molecule has 1 saturated carbocycles. The summed E-state index contributed by atoms with van der Waals surface area (Å²) in [4.78, 5) is 27.8. The first-order valence-corrected chi connectivity index (χ1v) is 11.2. The van der Waals surface area contributed by atoms with Crippen LogP contribution >= 0.6 is 12.6 Å². The third-order valence-electron chi connectivity index (χ3n) is 8.47. The van der Waals surface area contributed by atoms with Gasteiger partial charge in [0, 0.05) is 30.2 Å². The highest BCUT2D eigenvalue weighted by molar-refractivity contribution is 7.81. The summed E-state index contributed by atoms with van der Waals surface area (Å²) in [5.41, 5.74) is -0.384. The summed E-state index contributed by atoms with van der Waals surface area (Å²) in [7, 11) is 3.60. The fraction of sp³-hybridized carbons (Fsp3) is 0.917. The van der Waals surface area contributed by atoms with E-state index >= 15 is 0 Å². The quantitative estimate of drug-likeness (QED) is 0.507. The summed E-state index contributed by atoms with van der Waals surface area (Å²) < 4.78 is -0.438. The molecule has 0 bridgehead atoms. The molecule has 0 spiro atoms. The topological polar surface area (TPSA) is 37.4 Å². The van der Waals surface area contributed by atoms with Gasteiger partial charge in [-0.25, -0.2) is 0 Å². The van der Waals surface area contributed by atoms with Crippen molar-refractivity contribution in [2.75, 3.05) is 14.1 Å². The number of carbonyl (C=O) groups is 2. The van der Waals surface area contributed by atoms with Crippen molar-refractivity contribution in [2.24, 2.45) is 33.5 Å². The van der Waals surface area contributed by atoms with Gasteiger partial charge in [0.05, 0.1) is 5.92 Å². The van der Waals surface area contributed by atoms with Gasteiger partial charge in [-0.15, -0.1) is 0 Å². The Morgan fingerprint density at radius 3 is 1.89 bits per heavy atom. The minimum absolute atomic E-state index is 0.0708. The molecule has 1 amide bonds. The van der Waals surface area contributed by atoms with E-state index in [4.69, 9.17) is 12.6 Å². The molecule has 0 aliphatic heterocycles. The van der Waals surface area contributed by atoms with Crippen LogP contribution in [0.3, 0.4) is 0 Å². The minimum atomic E-state index is -0.438. The molecule has 0 N–H and O–H groups in total. The second-order valence-corrected chi connectivity index (χ2v) is 13.2. The number of amides is 1. The second kappa shape index (κ2) is 7.63. The minimum Gasteiger partial charge on any atom is -0.349 e. The lowest BCUT2D eigenvalue weighted by atomic mass is 9.62. The van der Waals surface area contributed by atoms with Gasteiger partial charge in [0.15, 0.2) is 0 Å². The maximum absolute atomic E-state index is 13.2. The van der Waals surface area contributed by atoms with Crippen LogP contribution in [0.25, 0.3) is 0 Å². The predicted molar refractivity (Wildman–Crippen MR) is 123 cm³/mol. The zero-order valence-corrected chi connectivity index (χ0v) is 21.4. The van der Waals surface area contributed by atoms with Gasteiger partial charge in [-0.2, -0.15) is 12.6 Å². The Bertz CT molecular complexity index is 611. The molecular formula is C24H45NO2S. The Morgan fingerprint density at radius 1 is 1.11 bits per heavy atom. The molecule has 164 valence electrons. The number of thiol groups is 1. The highest BCUT2D eigenvalue weighted by Crippen LogP contribution is 2.67. The fourth-order valence-electron chi connectivity index (χ4n) is 4.44. The van der Waals surface area contributed by atoms with Gasteiger partial charge in [0.25, 0.3) is 0 Å². The van der Waals surface area contributed by atoms with Crippen LogP contribution in [-0.2, 0) is 9.59 Å². The van der Waals surface area contributed by atoms with Crippen molar-refractivity contribution < 1.29 is 9.59 Å². The van der Waals surface area contributed by atoms with E-state index in [0.29, 0.717) is 12.2 Å². The molecule has 1 aliphatic carbocycles. The molecule has 0 saturated heterocycles. The van der Waals surface area contributed by atoms with Gasteiger partial charge in [0.1, 0.15) is 5.78 Å². The van der Waals surface area contributed by atoms with Gasteiger partial charge >= 0.3 is 0 Å². The van der Waals surface area contributed by atoms with E-state index in [1.165, 1.54) is 0 Å². The number of carbonyl (C=O) groups excluding carboxylic acids is 2. The zero-order chi connectivity index (χ0) is 22.5. The normalized spacial score (nSPS) is 26.6. The molecular weight excluding hydrogens is 366 g/mol. The maximum atomic E-state index is 13.2. The first-order valence-electron chi connectivity index (χ1n) is 10.7. The molecule has 4 heteroatoms. The molecule has 0 aromatic carbocycles. The van der Waals surface area contributed by atoms with Gasteiger partial charge in [-0.05, 0) is 35.5 Å². The number of ketones is 1. The lowest BCUT2D eigenvalue weighted by Crippen LogP contribution is -2.44. The monoisotopic (exact) mass is 411 g/mol. The second-order valence-electron chi connectivity index (χ2n) is 12.0. The van der Waals surface area contributed by atoms with Crippen molar-refractivity contribution >= 4 is 24.3 Å². The summed E-state index contributed by atoms with van der Waals surface area (Å²) in [6.45, 7) is 21.9. The summed E-state index contributed by atoms with van der Waals surface area (Å²) in [5, 5.41) is 0. The molecule has 3 nitrogen and oxygen atoms in total. The number of Topliss-reactive ketones (excluding diaryl/α,β-unsaturated/α-hetero) is 1. The van der Waals surface area contributed by atoms with Gasteiger partial charge < -0.3 is 4.90 Å². The molecule has 0 aromatic rings. The first-order chi connectivity index (χ1) is 12.3.